The van der Waals surface area contributed by atoms with Crippen molar-refractivity contribution in [3.05, 3.63) is 0 Å². The molecule has 0 unspecified atom stereocenters. The van der Waals surface area contributed by atoms with Gasteiger partial charge in [0.15, 0.2) is 5.96 Å². The molecule has 0 saturated carbocycles. The van der Waals surface area contributed by atoms with Gasteiger partial charge in [0, 0.05) is 59.7 Å². The highest BCUT2D eigenvalue weighted by atomic mass is 127. The number of rotatable bonds is 12. The molecular weight excluding hydrogens is 433 g/mol. The number of halogens is 1. The summed E-state index contributed by atoms with van der Waals surface area (Å²) in [5.74, 6) is 1.05. The first kappa shape index (κ1) is 24.9. The predicted octanol–water partition coefficient (Wildman–Crippen LogP) is 2.90. The number of unbranched alkanes of at least 4 members (excludes halogenated alkanes) is 1. The fourth-order valence-corrected chi connectivity index (χ4v) is 2.76. The lowest BCUT2D eigenvalue weighted by Crippen LogP contribution is -2.47. The Balaban J connectivity index is 0.00000576. The fraction of sp³-hybridized carbons (Fsp3) is 0.944. The number of nitrogens with zero attached hydrogens (tertiary/aromatic N) is 2. The zero-order valence-corrected chi connectivity index (χ0v) is 18.6. The molecule has 1 heterocycles. The molecule has 0 atom stereocenters. The molecule has 0 bridgehead atoms. The van der Waals surface area contributed by atoms with Crippen molar-refractivity contribution in [1.29, 1.82) is 0 Å². The number of ether oxygens (including phenoxy) is 3. The Kier molecular flexibility index (Phi) is 17.2. The van der Waals surface area contributed by atoms with Gasteiger partial charge in [-0.3, -0.25) is 4.99 Å². The van der Waals surface area contributed by atoms with Gasteiger partial charge in [-0.2, -0.15) is 0 Å². The van der Waals surface area contributed by atoms with E-state index in [4.69, 9.17) is 19.2 Å². The molecule has 1 rings (SSSR count). The first-order valence-corrected chi connectivity index (χ1v) is 9.53. The van der Waals surface area contributed by atoms with Gasteiger partial charge in [0.25, 0.3) is 0 Å². The van der Waals surface area contributed by atoms with Crippen molar-refractivity contribution in [3.63, 3.8) is 0 Å². The number of guanidine groups is 1. The lowest BCUT2D eigenvalue weighted by Gasteiger charge is -2.34. The second-order valence-electron chi connectivity index (χ2n) is 6.04. The second kappa shape index (κ2) is 17.3. The number of hydrogen-bond acceptors (Lipinski definition) is 4. The molecular formula is C18H38IN3O3. The van der Waals surface area contributed by atoms with E-state index in [9.17, 15) is 0 Å². The van der Waals surface area contributed by atoms with Crippen LogP contribution in [0, 0.1) is 0 Å². The van der Waals surface area contributed by atoms with Crippen LogP contribution in [0.1, 0.15) is 46.0 Å². The quantitative estimate of drug-likeness (QED) is 0.205. The molecule has 7 heteroatoms. The van der Waals surface area contributed by atoms with E-state index in [-0.39, 0.29) is 24.0 Å². The first-order chi connectivity index (χ1) is 11.8. The van der Waals surface area contributed by atoms with Crippen LogP contribution in [0.3, 0.4) is 0 Å². The van der Waals surface area contributed by atoms with Crippen LogP contribution in [0.2, 0.25) is 0 Å². The normalized spacial score (nSPS) is 16.0. The topological polar surface area (TPSA) is 55.3 Å². The van der Waals surface area contributed by atoms with Crippen LogP contribution in [0.5, 0.6) is 0 Å². The van der Waals surface area contributed by atoms with E-state index in [1.54, 1.807) is 7.11 Å². The van der Waals surface area contributed by atoms with Gasteiger partial charge in [0.2, 0.25) is 0 Å². The molecule has 0 aromatic carbocycles. The molecule has 6 nitrogen and oxygen atoms in total. The number of likely N-dealkylation sites (tertiary alicyclic amines) is 1. The smallest absolute Gasteiger partial charge is 0.193 e. The second-order valence-corrected chi connectivity index (χ2v) is 6.04. The average Bonchev–Trinajstić information content (AvgIpc) is 2.61. The molecule has 1 fully saturated rings. The Hall–Kier alpha value is -0.120. The van der Waals surface area contributed by atoms with Gasteiger partial charge in [-0.15, -0.1) is 24.0 Å². The van der Waals surface area contributed by atoms with Gasteiger partial charge in [-0.1, -0.05) is 0 Å². The van der Waals surface area contributed by atoms with Crippen LogP contribution in [0.15, 0.2) is 4.99 Å². The van der Waals surface area contributed by atoms with Crippen molar-refractivity contribution < 1.29 is 14.2 Å². The van der Waals surface area contributed by atoms with E-state index >= 15 is 0 Å². The van der Waals surface area contributed by atoms with Crippen molar-refractivity contribution in [2.45, 2.75) is 52.1 Å². The zero-order chi connectivity index (χ0) is 17.5. The number of piperidine rings is 1. The Morgan fingerprint density at radius 2 is 1.84 bits per heavy atom. The standard InChI is InChI=1S/C18H37N3O3.HI/c1-4-19-18(20-11-6-7-15-23-5-2)21-12-9-17(10-13-21)24-16-8-14-22-3;/h17H,4-16H2,1-3H3,(H,19,20);1H. The van der Waals surface area contributed by atoms with Gasteiger partial charge in [-0.25, -0.2) is 0 Å². The van der Waals surface area contributed by atoms with Crippen molar-refractivity contribution >= 4 is 29.9 Å². The van der Waals surface area contributed by atoms with Crippen LogP contribution in [-0.4, -0.2) is 76.7 Å². The summed E-state index contributed by atoms with van der Waals surface area (Å²) in [5.41, 5.74) is 0. The summed E-state index contributed by atoms with van der Waals surface area (Å²) in [7, 11) is 1.73. The molecule has 1 aliphatic heterocycles. The molecule has 150 valence electrons. The van der Waals surface area contributed by atoms with Crippen molar-refractivity contribution in [2.75, 3.05) is 59.7 Å². The Morgan fingerprint density at radius 1 is 1.08 bits per heavy atom. The van der Waals surface area contributed by atoms with E-state index in [1.165, 1.54) is 0 Å². The van der Waals surface area contributed by atoms with Gasteiger partial charge in [-0.05, 0) is 46.0 Å². The highest BCUT2D eigenvalue weighted by Gasteiger charge is 2.21. The molecule has 0 aliphatic carbocycles. The lowest BCUT2D eigenvalue weighted by molar-refractivity contribution is 0.00990. The Labute approximate surface area is 171 Å². The summed E-state index contributed by atoms with van der Waals surface area (Å²) >= 11 is 0. The van der Waals surface area contributed by atoms with E-state index in [2.05, 4.69) is 17.1 Å². The molecule has 1 aliphatic rings. The minimum atomic E-state index is 0. The highest BCUT2D eigenvalue weighted by Crippen LogP contribution is 2.14. The number of methoxy groups -OCH3 is 1. The number of nitrogens with one attached hydrogen (secondary N) is 1. The molecule has 0 aromatic rings. The van der Waals surface area contributed by atoms with E-state index < -0.39 is 0 Å². The fourth-order valence-electron chi connectivity index (χ4n) is 2.76. The van der Waals surface area contributed by atoms with Gasteiger partial charge in [0.05, 0.1) is 6.10 Å². The van der Waals surface area contributed by atoms with Crippen LogP contribution in [0.4, 0.5) is 0 Å². The van der Waals surface area contributed by atoms with E-state index in [1.807, 2.05) is 6.92 Å². The third-order valence-corrected chi connectivity index (χ3v) is 4.09. The summed E-state index contributed by atoms with van der Waals surface area (Å²) in [6, 6.07) is 0. The summed E-state index contributed by atoms with van der Waals surface area (Å²) in [4.78, 5) is 7.13. The molecule has 0 radical (unpaired) electrons. The summed E-state index contributed by atoms with van der Waals surface area (Å²) < 4.78 is 16.4. The van der Waals surface area contributed by atoms with Gasteiger partial charge in [0.1, 0.15) is 0 Å². The molecule has 25 heavy (non-hydrogen) atoms. The van der Waals surface area contributed by atoms with Crippen molar-refractivity contribution in [2.24, 2.45) is 4.99 Å². The molecule has 1 N–H and O–H groups in total. The van der Waals surface area contributed by atoms with E-state index in [0.717, 1.165) is 90.7 Å². The minimum Gasteiger partial charge on any atom is -0.385 e. The van der Waals surface area contributed by atoms with Gasteiger partial charge < -0.3 is 24.4 Å². The van der Waals surface area contributed by atoms with Crippen LogP contribution < -0.4 is 5.32 Å². The maximum Gasteiger partial charge on any atom is 0.193 e. The monoisotopic (exact) mass is 471 g/mol. The maximum absolute atomic E-state index is 5.93. The SMILES string of the molecule is CCNC(=NCCCCOCC)N1CCC(OCCCOC)CC1.I. The third-order valence-electron chi connectivity index (χ3n) is 4.09. The molecule has 0 spiro atoms. The van der Waals surface area contributed by atoms with Crippen molar-refractivity contribution in [1.82, 2.24) is 10.2 Å². The van der Waals surface area contributed by atoms with Crippen LogP contribution in [0.25, 0.3) is 0 Å². The van der Waals surface area contributed by atoms with Crippen LogP contribution in [-0.2, 0) is 14.2 Å². The minimum absolute atomic E-state index is 0. The summed E-state index contributed by atoms with van der Waals surface area (Å²) in [6.07, 6.45) is 5.65. The van der Waals surface area contributed by atoms with Gasteiger partial charge >= 0.3 is 0 Å². The van der Waals surface area contributed by atoms with E-state index in [0.29, 0.717) is 6.10 Å². The zero-order valence-electron chi connectivity index (χ0n) is 16.3. The summed E-state index contributed by atoms with van der Waals surface area (Å²) in [5, 5.41) is 3.42. The molecule has 0 amide bonds. The van der Waals surface area contributed by atoms with Crippen LogP contribution >= 0.6 is 24.0 Å². The largest absolute Gasteiger partial charge is 0.385 e. The average molecular weight is 471 g/mol. The van der Waals surface area contributed by atoms with Crippen molar-refractivity contribution in [3.8, 4) is 0 Å². The Morgan fingerprint density at radius 3 is 2.48 bits per heavy atom. The predicted molar refractivity (Wildman–Crippen MR) is 114 cm³/mol. The maximum atomic E-state index is 5.93. The third kappa shape index (κ3) is 12.0. The first-order valence-electron chi connectivity index (χ1n) is 9.53. The summed E-state index contributed by atoms with van der Waals surface area (Å²) in [6.45, 7) is 11.2. The molecule has 1 saturated heterocycles. The molecule has 0 aromatic heterocycles. The highest BCUT2D eigenvalue weighted by molar-refractivity contribution is 14.0. The number of hydrogen-bond donors (Lipinski definition) is 1. The number of aliphatic imine (C=N–C) groups is 1. The Bertz CT molecular complexity index is 325. The lowest BCUT2D eigenvalue weighted by atomic mass is 10.1.